The molecule has 1 aromatic heterocycles. The summed E-state index contributed by atoms with van der Waals surface area (Å²) in [6, 6.07) is 0. The number of hydrogen-bond donors (Lipinski definition) is 3. The molecule has 2 rings (SSSR count). The molecule has 0 saturated carbocycles. The van der Waals surface area contributed by atoms with Crippen LogP contribution in [0.2, 0.25) is 0 Å². The van der Waals surface area contributed by atoms with Crippen molar-refractivity contribution >= 4 is 29.9 Å². The van der Waals surface area contributed by atoms with E-state index in [0.717, 1.165) is 49.9 Å². The van der Waals surface area contributed by atoms with Gasteiger partial charge in [0.2, 0.25) is 0 Å². The fourth-order valence-electron chi connectivity index (χ4n) is 1.94. The molecule has 19 heavy (non-hydrogen) atoms. The van der Waals surface area contributed by atoms with Gasteiger partial charge in [-0.3, -0.25) is 10.1 Å². The van der Waals surface area contributed by atoms with E-state index in [4.69, 9.17) is 4.74 Å². The number of rotatable bonds is 4. The van der Waals surface area contributed by atoms with E-state index in [9.17, 15) is 0 Å². The summed E-state index contributed by atoms with van der Waals surface area (Å²) in [5, 5.41) is 13.5. The van der Waals surface area contributed by atoms with Crippen molar-refractivity contribution in [2.45, 2.75) is 19.9 Å². The van der Waals surface area contributed by atoms with E-state index in [1.165, 1.54) is 0 Å². The van der Waals surface area contributed by atoms with Crippen LogP contribution in [0.5, 0.6) is 0 Å². The van der Waals surface area contributed by atoms with Crippen LogP contribution in [0.3, 0.4) is 0 Å². The van der Waals surface area contributed by atoms with Crippen molar-refractivity contribution in [3.05, 3.63) is 17.5 Å². The van der Waals surface area contributed by atoms with Crippen molar-refractivity contribution in [3.8, 4) is 0 Å². The number of aliphatic imine (C=N–C) groups is 1. The van der Waals surface area contributed by atoms with Gasteiger partial charge >= 0.3 is 0 Å². The van der Waals surface area contributed by atoms with Gasteiger partial charge in [0.05, 0.1) is 12.8 Å². The predicted molar refractivity (Wildman–Crippen MR) is 85.9 cm³/mol. The molecule has 1 atom stereocenters. The number of ether oxygens (including phenoxy) is 1. The molecular formula is C12H22IN5O. The molecule has 0 aliphatic carbocycles. The van der Waals surface area contributed by atoms with Crippen molar-refractivity contribution < 1.29 is 4.74 Å². The molecule has 3 N–H and O–H groups in total. The third kappa shape index (κ3) is 4.98. The topological polar surface area (TPSA) is 74.3 Å². The molecule has 1 saturated heterocycles. The number of aromatic amines is 1. The molecule has 0 bridgehead atoms. The van der Waals surface area contributed by atoms with E-state index in [1.54, 1.807) is 7.05 Å². The molecule has 0 spiro atoms. The van der Waals surface area contributed by atoms with Gasteiger partial charge in [0.1, 0.15) is 0 Å². The molecule has 0 radical (unpaired) electrons. The summed E-state index contributed by atoms with van der Waals surface area (Å²) in [6.45, 7) is 5.38. The number of H-pyrrole nitrogens is 1. The second-order valence-corrected chi connectivity index (χ2v) is 4.56. The lowest BCUT2D eigenvalue weighted by atomic mass is 10.1. The summed E-state index contributed by atoms with van der Waals surface area (Å²) in [5.41, 5.74) is 2.24. The van der Waals surface area contributed by atoms with Gasteiger partial charge in [0, 0.05) is 43.9 Å². The highest BCUT2D eigenvalue weighted by Crippen LogP contribution is 2.10. The third-order valence-electron chi connectivity index (χ3n) is 3.19. The van der Waals surface area contributed by atoms with Crippen LogP contribution in [0, 0.1) is 12.8 Å². The molecule has 1 aromatic rings. The lowest BCUT2D eigenvalue weighted by Crippen LogP contribution is -2.39. The molecular weight excluding hydrogens is 357 g/mol. The van der Waals surface area contributed by atoms with Crippen LogP contribution >= 0.6 is 24.0 Å². The first-order chi connectivity index (χ1) is 8.79. The lowest BCUT2D eigenvalue weighted by molar-refractivity contribution is 0.186. The lowest BCUT2D eigenvalue weighted by Gasteiger charge is -2.14. The van der Waals surface area contributed by atoms with Gasteiger partial charge in [-0.05, 0) is 13.3 Å². The Morgan fingerprint density at radius 2 is 2.42 bits per heavy atom. The van der Waals surface area contributed by atoms with Crippen molar-refractivity contribution in [1.82, 2.24) is 20.8 Å². The summed E-state index contributed by atoms with van der Waals surface area (Å²) in [5.74, 6) is 1.42. The van der Waals surface area contributed by atoms with Crippen molar-refractivity contribution in [1.29, 1.82) is 0 Å². The average molecular weight is 379 g/mol. The van der Waals surface area contributed by atoms with Gasteiger partial charge < -0.3 is 15.4 Å². The second kappa shape index (κ2) is 8.36. The number of aryl methyl sites for hydroxylation is 1. The SMILES string of the molecule is CN=C(NCc1cn[nH]c1C)NCC1CCOC1.I. The van der Waals surface area contributed by atoms with E-state index in [-0.39, 0.29) is 24.0 Å². The highest BCUT2D eigenvalue weighted by Gasteiger charge is 2.15. The Kier molecular flexibility index (Phi) is 7.14. The normalized spacial score (nSPS) is 19.1. The minimum atomic E-state index is 0. The van der Waals surface area contributed by atoms with Gasteiger partial charge in [-0.15, -0.1) is 24.0 Å². The van der Waals surface area contributed by atoms with Gasteiger partial charge in [-0.25, -0.2) is 0 Å². The molecule has 0 amide bonds. The maximum Gasteiger partial charge on any atom is 0.191 e. The number of nitrogens with zero attached hydrogens (tertiary/aromatic N) is 2. The minimum absolute atomic E-state index is 0. The smallest absolute Gasteiger partial charge is 0.191 e. The van der Waals surface area contributed by atoms with E-state index in [0.29, 0.717) is 5.92 Å². The van der Waals surface area contributed by atoms with E-state index < -0.39 is 0 Å². The molecule has 108 valence electrons. The maximum atomic E-state index is 5.34. The Hall–Kier alpha value is -0.830. The number of halogens is 1. The van der Waals surface area contributed by atoms with Crippen molar-refractivity contribution in [2.75, 3.05) is 26.8 Å². The Morgan fingerprint density at radius 3 is 3.00 bits per heavy atom. The van der Waals surface area contributed by atoms with Gasteiger partial charge in [0.15, 0.2) is 5.96 Å². The quantitative estimate of drug-likeness (QED) is 0.415. The monoisotopic (exact) mass is 379 g/mol. The summed E-state index contributed by atoms with van der Waals surface area (Å²) in [7, 11) is 1.78. The zero-order valence-corrected chi connectivity index (χ0v) is 13.7. The molecule has 0 aromatic carbocycles. The minimum Gasteiger partial charge on any atom is -0.381 e. The first kappa shape index (κ1) is 16.2. The van der Waals surface area contributed by atoms with E-state index in [2.05, 4.69) is 25.8 Å². The van der Waals surface area contributed by atoms with Crippen LogP contribution in [0.4, 0.5) is 0 Å². The van der Waals surface area contributed by atoms with Gasteiger partial charge in [0.25, 0.3) is 0 Å². The maximum absolute atomic E-state index is 5.34. The summed E-state index contributed by atoms with van der Waals surface area (Å²) < 4.78 is 5.34. The van der Waals surface area contributed by atoms with E-state index in [1.807, 2.05) is 13.1 Å². The highest BCUT2D eigenvalue weighted by molar-refractivity contribution is 14.0. The Morgan fingerprint density at radius 1 is 1.58 bits per heavy atom. The van der Waals surface area contributed by atoms with Crippen LogP contribution in [-0.4, -0.2) is 43.0 Å². The molecule has 1 fully saturated rings. The van der Waals surface area contributed by atoms with Crippen molar-refractivity contribution in [2.24, 2.45) is 10.9 Å². The average Bonchev–Trinajstić information content (AvgIpc) is 3.01. The Labute approximate surface area is 130 Å². The Balaban J connectivity index is 0.00000180. The number of guanidine groups is 1. The molecule has 6 nitrogen and oxygen atoms in total. The zero-order valence-electron chi connectivity index (χ0n) is 11.4. The molecule has 1 unspecified atom stereocenters. The predicted octanol–water partition coefficient (Wildman–Crippen LogP) is 1.04. The second-order valence-electron chi connectivity index (χ2n) is 4.56. The summed E-state index contributed by atoms with van der Waals surface area (Å²) in [6.07, 6.45) is 2.96. The van der Waals surface area contributed by atoms with Crippen LogP contribution in [0.25, 0.3) is 0 Å². The molecule has 2 heterocycles. The first-order valence-corrected chi connectivity index (χ1v) is 6.30. The van der Waals surface area contributed by atoms with Crippen LogP contribution in [-0.2, 0) is 11.3 Å². The van der Waals surface area contributed by atoms with E-state index >= 15 is 0 Å². The third-order valence-corrected chi connectivity index (χ3v) is 3.19. The molecule has 7 heteroatoms. The van der Waals surface area contributed by atoms with Crippen LogP contribution in [0.1, 0.15) is 17.7 Å². The van der Waals surface area contributed by atoms with Gasteiger partial charge in [-0.2, -0.15) is 5.10 Å². The van der Waals surface area contributed by atoms with Gasteiger partial charge in [-0.1, -0.05) is 0 Å². The zero-order chi connectivity index (χ0) is 12.8. The fourth-order valence-corrected chi connectivity index (χ4v) is 1.94. The van der Waals surface area contributed by atoms with Crippen LogP contribution < -0.4 is 10.6 Å². The Bertz CT molecular complexity index is 401. The molecule has 1 aliphatic heterocycles. The highest BCUT2D eigenvalue weighted by atomic mass is 127. The van der Waals surface area contributed by atoms with Crippen molar-refractivity contribution in [3.63, 3.8) is 0 Å². The van der Waals surface area contributed by atoms with Crippen LogP contribution in [0.15, 0.2) is 11.2 Å². The standard InChI is InChI=1S/C12H21N5O.HI/c1-9-11(7-16-17-9)6-15-12(13-2)14-5-10-3-4-18-8-10;/h7,10H,3-6,8H2,1-2H3,(H,16,17)(H2,13,14,15);1H. The first-order valence-electron chi connectivity index (χ1n) is 6.30. The summed E-state index contributed by atoms with van der Waals surface area (Å²) in [4.78, 5) is 4.20. The fraction of sp³-hybridized carbons (Fsp3) is 0.667. The number of nitrogens with one attached hydrogen (secondary N) is 3. The number of aromatic nitrogens is 2. The number of hydrogen-bond acceptors (Lipinski definition) is 3. The molecule has 1 aliphatic rings. The summed E-state index contributed by atoms with van der Waals surface area (Å²) >= 11 is 0. The largest absolute Gasteiger partial charge is 0.381 e.